The Hall–Kier alpha value is -1.94. The number of nitrogens with zero attached hydrogens (tertiary/aromatic N) is 1. The maximum absolute atomic E-state index is 8.86. The van der Waals surface area contributed by atoms with Crippen LogP contribution in [0.2, 0.25) is 0 Å². The molecule has 0 bridgehead atoms. The van der Waals surface area contributed by atoms with Crippen molar-refractivity contribution in [2.24, 2.45) is 10.9 Å². The Labute approximate surface area is 117 Å². The van der Waals surface area contributed by atoms with Crippen molar-refractivity contribution in [3.8, 4) is 0 Å². The largest absolute Gasteiger partial charge is 0.409 e. The van der Waals surface area contributed by atoms with Crippen molar-refractivity contribution < 1.29 is 5.21 Å². The summed E-state index contributed by atoms with van der Waals surface area (Å²) in [5.41, 5.74) is 8.79. The molecule has 0 amide bonds. The van der Waals surface area contributed by atoms with Gasteiger partial charge < -0.3 is 10.9 Å². The van der Waals surface area contributed by atoms with Gasteiger partial charge in [0.1, 0.15) is 0 Å². The monoisotopic (exact) mass is 272 g/mol. The zero-order chi connectivity index (χ0) is 13.8. The predicted molar refractivity (Wildman–Crippen MR) is 79.0 cm³/mol. The third-order valence-corrected chi connectivity index (χ3v) is 3.85. The number of hydrogen-bond donors (Lipinski definition) is 2. The second kappa shape index (κ2) is 5.80. The summed E-state index contributed by atoms with van der Waals surface area (Å²) in [4.78, 5) is 2.10. The van der Waals surface area contributed by atoms with Crippen molar-refractivity contribution in [2.45, 2.75) is 23.6 Å². The van der Waals surface area contributed by atoms with Gasteiger partial charge in [-0.15, -0.1) is 0 Å². The minimum atomic E-state index is 0.137. The Kier molecular flexibility index (Phi) is 4.12. The molecule has 0 radical (unpaired) electrons. The van der Waals surface area contributed by atoms with E-state index >= 15 is 0 Å². The van der Waals surface area contributed by atoms with Gasteiger partial charge in [-0.25, -0.2) is 0 Å². The van der Waals surface area contributed by atoms with Crippen LogP contribution in [0.25, 0.3) is 0 Å². The second-order valence-electron chi connectivity index (χ2n) is 4.40. The van der Waals surface area contributed by atoms with Crippen LogP contribution in [0.1, 0.15) is 16.7 Å². The lowest BCUT2D eigenvalue weighted by molar-refractivity contribution is 0.318. The van der Waals surface area contributed by atoms with Crippen LogP contribution in [0.15, 0.2) is 57.4 Å². The highest BCUT2D eigenvalue weighted by atomic mass is 32.2. The van der Waals surface area contributed by atoms with E-state index in [1.807, 2.05) is 25.1 Å². The molecule has 0 aromatic heterocycles. The van der Waals surface area contributed by atoms with Crippen molar-refractivity contribution in [1.82, 2.24) is 0 Å². The second-order valence-corrected chi connectivity index (χ2v) is 5.52. The fraction of sp³-hybridized carbons (Fsp3) is 0.133. The Morgan fingerprint density at radius 2 is 1.68 bits per heavy atom. The highest BCUT2D eigenvalue weighted by molar-refractivity contribution is 7.99. The van der Waals surface area contributed by atoms with E-state index in [-0.39, 0.29) is 5.84 Å². The maximum Gasteiger partial charge on any atom is 0.171 e. The number of rotatable bonds is 3. The lowest BCUT2D eigenvalue weighted by atomic mass is 10.1. The standard InChI is InChI=1S/C15H16N2OS/c1-10-3-6-12(7-4-10)19-14-8-5-11(2)9-13(14)15(16)17-18/h3-9,18H,1-2H3,(H2,16,17). The molecule has 0 fully saturated rings. The van der Waals surface area contributed by atoms with E-state index in [1.165, 1.54) is 5.56 Å². The van der Waals surface area contributed by atoms with E-state index in [0.29, 0.717) is 0 Å². The van der Waals surface area contributed by atoms with Crippen LogP contribution in [0, 0.1) is 13.8 Å². The van der Waals surface area contributed by atoms with Gasteiger partial charge in [0.25, 0.3) is 0 Å². The Bertz CT molecular complexity index is 606. The van der Waals surface area contributed by atoms with Gasteiger partial charge in [-0.2, -0.15) is 0 Å². The fourth-order valence-corrected chi connectivity index (χ4v) is 2.66. The van der Waals surface area contributed by atoms with Crippen molar-refractivity contribution in [1.29, 1.82) is 0 Å². The van der Waals surface area contributed by atoms with Crippen molar-refractivity contribution in [3.63, 3.8) is 0 Å². The van der Waals surface area contributed by atoms with Gasteiger partial charge in [0.2, 0.25) is 0 Å². The van der Waals surface area contributed by atoms with Crippen LogP contribution in [0.5, 0.6) is 0 Å². The van der Waals surface area contributed by atoms with Gasteiger partial charge in [-0.1, -0.05) is 46.2 Å². The van der Waals surface area contributed by atoms with Crippen LogP contribution < -0.4 is 5.73 Å². The summed E-state index contributed by atoms with van der Waals surface area (Å²) in [6, 6.07) is 14.2. The van der Waals surface area contributed by atoms with E-state index in [9.17, 15) is 0 Å². The van der Waals surface area contributed by atoms with Gasteiger partial charge in [0, 0.05) is 15.4 Å². The highest BCUT2D eigenvalue weighted by Crippen LogP contribution is 2.31. The molecule has 19 heavy (non-hydrogen) atoms. The molecule has 2 aromatic carbocycles. The summed E-state index contributed by atoms with van der Waals surface area (Å²) < 4.78 is 0. The maximum atomic E-state index is 8.86. The minimum Gasteiger partial charge on any atom is -0.409 e. The van der Waals surface area contributed by atoms with Gasteiger partial charge >= 0.3 is 0 Å². The van der Waals surface area contributed by atoms with Gasteiger partial charge in [-0.3, -0.25) is 0 Å². The summed E-state index contributed by atoms with van der Waals surface area (Å²) in [6.07, 6.45) is 0. The molecule has 98 valence electrons. The fourth-order valence-electron chi connectivity index (χ4n) is 1.72. The number of amidine groups is 1. The van der Waals surface area contributed by atoms with Crippen LogP contribution in [-0.4, -0.2) is 11.0 Å². The smallest absolute Gasteiger partial charge is 0.171 e. The molecule has 0 aliphatic rings. The Morgan fingerprint density at radius 1 is 1.05 bits per heavy atom. The average Bonchev–Trinajstić information content (AvgIpc) is 2.42. The quantitative estimate of drug-likeness (QED) is 0.389. The molecule has 0 aliphatic carbocycles. The van der Waals surface area contributed by atoms with Crippen LogP contribution in [0.3, 0.4) is 0 Å². The zero-order valence-corrected chi connectivity index (χ0v) is 11.7. The third-order valence-electron chi connectivity index (χ3n) is 2.77. The number of nitrogens with two attached hydrogens (primary N) is 1. The topological polar surface area (TPSA) is 58.6 Å². The van der Waals surface area contributed by atoms with E-state index in [1.54, 1.807) is 11.8 Å². The molecule has 0 spiro atoms. The van der Waals surface area contributed by atoms with Crippen molar-refractivity contribution in [3.05, 3.63) is 59.2 Å². The van der Waals surface area contributed by atoms with E-state index in [4.69, 9.17) is 10.9 Å². The predicted octanol–water partition coefficient (Wildman–Crippen LogP) is 3.55. The summed E-state index contributed by atoms with van der Waals surface area (Å²) in [5.74, 6) is 0.137. The first-order chi connectivity index (χ1) is 9.10. The number of aryl methyl sites for hydroxylation is 2. The molecule has 0 saturated heterocycles. The normalized spacial score (nSPS) is 11.6. The van der Waals surface area contributed by atoms with E-state index < -0.39 is 0 Å². The molecule has 0 heterocycles. The van der Waals surface area contributed by atoms with Crippen LogP contribution >= 0.6 is 11.8 Å². The van der Waals surface area contributed by atoms with Gasteiger partial charge in [0.15, 0.2) is 5.84 Å². The number of oxime groups is 1. The molecular formula is C15H16N2OS. The van der Waals surface area contributed by atoms with E-state index in [2.05, 4.69) is 36.3 Å². The number of benzene rings is 2. The van der Waals surface area contributed by atoms with Crippen LogP contribution in [0.4, 0.5) is 0 Å². The Balaban J connectivity index is 2.37. The molecule has 3 N–H and O–H groups in total. The summed E-state index contributed by atoms with van der Waals surface area (Å²) in [6.45, 7) is 4.04. The van der Waals surface area contributed by atoms with E-state index in [0.717, 1.165) is 20.9 Å². The molecule has 0 aliphatic heterocycles. The first-order valence-corrected chi connectivity index (χ1v) is 6.75. The lowest BCUT2D eigenvalue weighted by Gasteiger charge is -2.09. The summed E-state index contributed by atoms with van der Waals surface area (Å²) >= 11 is 1.60. The molecule has 3 nitrogen and oxygen atoms in total. The highest BCUT2D eigenvalue weighted by Gasteiger charge is 2.09. The van der Waals surface area contributed by atoms with Gasteiger partial charge in [0.05, 0.1) is 0 Å². The van der Waals surface area contributed by atoms with Crippen molar-refractivity contribution in [2.75, 3.05) is 0 Å². The molecule has 0 unspecified atom stereocenters. The summed E-state index contributed by atoms with van der Waals surface area (Å²) in [5, 5.41) is 12.0. The summed E-state index contributed by atoms with van der Waals surface area (Å²) in [7, 11) is 0. The molecule has 2 aromatic rings. The van der Waals surface area contributed by atoms with Crippen LogP contribution in [-0.2, 0) is 0 Å². The molecule has 4 heteroatoms. The molecular weight excluding hydrogens is 256 g/mol. The Morgan fingerprint density at radius 3 is 2.32 bits per heavy atom. The molecule has 0 atom stereocenters. The van der Waals surface area contributed by atoms with Gasteiger partial charge in [-0.05, 0) is 38.1 Å². The molecule has 2 rings (SSSR count). The average molecular weight is 272 g/mol. The molecule has 0 saturated carbocycles. The first kappa shape index (κ1) is 13.5. The third kappa shape index (κ3) is 3.29. The SMILES string of the molecule is Cc1ccc(Sc2ccc(C)cc2/C(N)=N/O)cc1. The first-order valence-electron chi connectivity index (χ1n) is 5.93. The lowest BCUT2D eigenvalue weighted by Crippen LogP contribution is -2.14. The number of hydrogen-bond acceptors (Lipinski definition) is 3. The minimum absolute atomic E-state index is 0.137. The zero-order valence-electron chi connectivity index (χ0n) is 10.9. The van der Waals surface area contributed by atoms with Crippen molar-refractivity contribution >= 4 is 17.6 Å².